The molecule has 1 saturated heterocycles. The minimum atomic E-state index is -0.209. The van der Waals surface area contributed by atoms with Crippen LogP contribution in [0.25, 0.3) is 0 Å². The molecule has 1 N–H and O–H groups in total. The van der Waals surface area contributed by atoms with Crippen molar-refractivity contribution < 1.29 is 9.13 Å². The number of rotatable bonds is 2. The van der Waals surface area contributed by atoms with Gasteiger partial charge < -0.3 is 10.1 Å². The molecule has 1 aliphatic rings. The molecule has 1 heterocycles. The Morgan fingerprint density at radius 2 is 2.36 bits per heavy atom. The summed E-state index contributed by atoms with van der Waals surface area (Å²) in [5.74, 6) is 0.583. The van der Waals surface area contributed by atoms with Gasteiger partial charge in [-0.2, -0.15) is 0 Å². The largest absolute Gasteiger partial charge is 0.489 e. The predicted octanol–water partition coefficient (Wildman–Crippen LogP) is 1.87. The van der Waals surface area contributed by atoms with Gasteiger partial charge >= 0.3 is 0 Å². The van der Waals surface area contributed by atoms with E-state index in [1.165, 1.54) is 12.1 Å². The number of hydrogen-bond acceptors (Lipinski definition) is 2. The van der Waals surface area contributed by atoms with Crippen LogP contribution in [0.2, 0.25) is 0 Å². The van der Waals surface area contributed by atoms with E-state index in [4.69, 9.17) is 4.74 Å². The maximum Gasteiger partial charge on any atom is 0.123 e. The van der Waals surface area contributed by atoms with Gasteiger partial charge in [-0.1, -0.05) is 0 Å². The summed E-state index contributed by atoms with van der Waals surface area (Å²) in [6.45, 7) is 3.75. The monoisotopic (exact) mass is 195 g/mol. The molecule has 1 aromatic rings. The molecule has 0 amide bonds. The van der Waals surface area contributed by atoms with E-state index in [1.54, 1.807) is 6.07 Å². The van der Waals surface area contributed by atoms with Gasteiger partial charge in [0.1, 0.15) is 17.7 Å². The fraction of sp³-hybridized carbons (Fsp3) is 0.455. The van der Waals surface area contributed by atoms with Gasteiger partial charge in [-0.15, -0.1) is 0 Å². The number of nitrogens with one attached hydrogen (secondary N) is 1. The van der Waals surface area contributed by atoms with Crippen molar-refractivity contribution in [1.29, 1.82) is 0 Å². The van der Waals surface area contributed by atoms with Gasteiger partial charge in [-0.25, -0.2) is 4.39 Å². The molecule has 0 spiro atoms. The zero-order chi connectivity index (χ0) is 9.97. The van der Waals surface area contributed by atoms with Gasteiger partial charge in [0.05, 0.1) is 0 Å². The fourth-order valence-corrected chi connectivity index (χ4v) is 1.65. The molecule has 0 radical (unpaired) electrons. The summed E-state index contributed by atoms with van der Waals surface area (Å²) in [5, 5.41) is 3.22. The molecule has 2 nitrogen and oxygen atoms in total. The Kier molecular flexibility index (Phi) is 2.68. The van der Waals surface area contributed by atoms with Crippen LogP contribution < -0.4 is 10.1 Å². The summed E-state index contributed by atoms with van der Waals surface area (Å²) >= 11 is 0. The highest BCUT2D eigenvalue weighted by Crippen LogP contribution is 2.21. The number of benzene rings is 1. The summed E-state index contributed by atoms with van der Waals surface area (Å²) in [6.07, 6.45) is 1.26. The van der Waals surface area contributed by atoms with Gasteiger partial charge in [0.2, 0.25) is 0 Å². The van der Waals surface area contributed by atoms with Gasteiger partial charge in [-0.3, -0.25) is 0 Å². The molecule has 14 heavy (non-hydrogen) atoms. The second-order valence-corrected chi connectivity index (χ2v) is 3.64. The lowest BCUT2D eigenvalue weighted by molar-refractivity contribution is 0.221. The highest BCUT2D eigenvalue weighted by Gasteiger charge is 2.16. The van der Waals surface area contributed by atoms with Crippen LogP contribution in [-0.2, 0) is 0 Å². The third-order valence-electron chi connectivity index (χ3n) is 2.45. The van der Waals surface area contributed by atoms with Crippen molar-refractivity contribution in [2.24, 2.45) is 0 Å². The van der Waals surface area contributed by atoms with Crippen molar-refractivity contribution in [2.75, 3.05) is 13.1 Å². The lowest BCUT2D eigenvalue weighted by Crippen LogP contribution is -2.19. The number of aryl methyl sites for hydroxylation is 1. The zero-order valence-electron chi connectivity index (χ0n) is 8.22. The molecule has 3 heteroatoms. The summed E-state index contributed by atoms with van der Waals surface area (Å²) in [6, 6.07) is 4.63. The van der Waals surface area contributed by atoms with Crippen molar-refractivity contribution in [3.8, 4) is 5.75 Å². The van der Waals surface area contributed by atoms with Crippen LogP contribution in [0.5, 0.6) is 5.75 Å². The van der Waals surface area contributed by atoms with Crippen molar-refractivity contribution >= 4 is 0 Å². The number of hydrogen-bond donors (Lipinski definition) is 1. The van der Waals surface area contributed by atoms with E-state index in [-0.39, 0.29) is 11.9 Å². The molecule has 1 aliphatic heterocycles. The molecule has 76 valence electrons. The first kappa shape index (κ1) is 9.46. The van der Waals surface area contributed by atoms with Gasteiger partial charge in [0.25, 0.3) is 0 Å². The molecule has 0 aliphatic carbocycles. The Hall–Kier alpha value is -1.09. The molecule has 1 fully saturated rings. The van der Waals surface area contributed by atoms with Crippen LogP contribution >= 0.6 is 0 Å². The summed E-state index contributed by atoms with van der Waals surface area (Å²) in [7, 11) is 0. The van der Waals surface area contributed by atoms with E-state index in [2.05, 4.69) is 5.32 Å². The molecule has 1 atom stereocenters. The molecule has 0 aromatic heterocycles. The smallest absolute Gasteiger partial charge is 0.123 e. The van der Waals surface area contributed by atoms with E-state index >= 15 is 0 Å². The van der Waals surface area contributed by atoms with E-state index < -0.39 is 0 Å². The normalized spacial score (nSPS) is 21.1. The molecular weight excluding hydrogens is 181 g/mol. The first-order valence-corrected chi connectivity index (χ1v) is 4.89. The Labute approximate surface area is 83.1 Å². The lowest BCUT2D eigenvalue weighted by Gasteiger charge is -2.14. The Morgan fingerprint density at radius 3 is 3.00 bits per heavy atom. The summed E-state index contributed by atoms with van der Waals surface area (Å²) in [5.41, 5.74) is 0.858. The van der Waals surface area contributed by atoms with E-state index in [9.17, 15) is 4.39 Å². The van der Waals surface area contributed by atoms with Gasteiger partial charge in [0, 0.05) is 6.54 Å². The first-order valence-electron chi connectivity index (χ1n) is 4.89. The van der Waals surface area contributed by atoms with E-state index in [0.29, 0.717) is 0 Å². The van der Waals surface area contributed by atoms with Crippen molar-refractivity contribution in [1.82, 2.24) is 5.32 Å². The van der Waals surface area contributed by atoms with E-state index in [1.807, 2.05) is 6.92 Å². The molecule has 0 saturated carbocycles. The Morgan fingerprint density at radius 1 is 1.50 bits per heavy atom. The first-order chi connectivity index (χ1) is 6.75. The van der Waals surface area contributed by atoms with Crippen LogP contribution in [0.3, 0.4) is 0 Å². The zero-order valence-corrected chi connectivity index (χ0v) is 8.22. The van der Waals surface area contributed by atoms with Crippen LogP contribution in [0.1, 0.15) is 12.0 Å². The second kappa shape index (κ2) is 3.96. The SMILES string of the molecule is Cc1cc(F)ccc1O[C@H]1CCNC1. The highest BCUT2D eigenvalue weighted by molar-refractivity contribution is 5.32. The topological polar surface area (TPSA) is 21.3 Å². The summed E-state index contributed by atoms with van der Waals surface area (Å²) < 4.78 is 18.5. The van der Waals surface area contributed by atoms with Crippen LogP contribution in [-0.4, -0.2) is 19.2 Å². The minimum Gasteiger partial charge on any atom is -0.489 e. The number of ether oxygens (including phenoxy) is 1. The quantitative estimate of drug-likeness (QED) is 0.778. The molecule has 2 rings (SSSR count). The molecular formula is C11H14FNO. The van der Waals surface area contributed by atoms with Crippen molar-refractivity contribution in [3.05, 3.63) is 29.6 Å². The van der Waals surface area contributed by atoms with Crippen molar-refractivity contribution in [3.63, 3.8) is 0 Å². The van der Waals surface area contributed by atoms with Crippen LogP contribution in [0, 0.1) is 12.7 Å². The van der Waals surface area contributed by atoms with Crippen LogP contribution in [0.4, 0.5) is 4.39 Å². The minimum absolute atomic E-state index is 0.209. The third-order valence-corrected chi connectivity index (χ3v) is 2.45. The highest BCUT2D eigenvalue weighted by atomic mass is 19.1. The van der Waals surface area contributed by atoms with E-state index in [0.717, 1.165) is 30.8 Å². The Balaban J connectivity index is 2.08. The van der Waals surface area contributed by atoms with Gasteiger partial charge in [0.15, 0.2) is 0 Å². The second-order valence-electron chi connectivity index (χ2n) is 3.64. The third kappa shape index (κ3) is 2.04. The van der Waals surface area contributed by atoms with Crippen LogP contribution in [0.15, 0.2) is 18.2 Å². The maximum atomic E-state index is 12.8. The van der Waals surface area contributed by atoms with Gasteiger partial charge in [-0.05, 0) is 43.7 Å². The van der Waals surface area contributed by atoms with Crippen molar-refractivity contribution in [2.45, 2.75) is 19.4 Å². The average molecular weight is 195 g/mol. The standard InChI is InChI=1S/C11H14FNO/c1-8-6-9(12)2-3-11(8)14-10-4-5-13-7-10/h2-3,6,10,13H,4-5,7H2,1H3/t10-/m0/s1. The predicted molar refractivity (Wildman–Crippen MR) is 53.0 cm³/mol. The lowest BCUT2D eigenvalue weighted by atomic mass is 10.2. The molecule has 1 aromatic carbocycles. The average Bonchev–Trinajstić information content (AvgIpc) is 2.62. The fourth-order valence-electron chi connectivity index (χ4n) is 1.65. The Bertz CT molecular complexity index is 321. The summed E-state index contributed by atoms with van der Waals surface area (Å²) in [4.78, 5) is 0. The molecule has 0 unspecified atom stereocenters. The maximum absolute atomic E-state index is 12.8. The number of halogens is 1. The molecule has 0 bridgehead atoms.